The number of aliphatic hydroxyl groups is 1. The van der Waals surface area contributed by atoms with E-state index in [0.717, 1.165) is 114 Å². The van der Waals surface area contributed by atoms with Crippen LogP contribution in [-0.4, -0.2) is 96.7 Å². The zero-order valence-corrected chi connectivity index (χ0v) is 66.2. The topological polar surface area (TPSA) is 237 Å². The van der Waals surface area contributed by atoms with Crippen molar-refractivity contribution in [2.24, 2.45) is 23.7 Å². The molecular weight excluding hydrogens is 1280 g/mol. The molecule has 19 heteroatoms. The fourth-order valence-corrected chi connectivity index (χ4v) is 13.6. The first-order valence-electron chi connectivity index (χ1n) is 40.8. The molecule has 0 amide bonds. The first-order chi connectivity index (χ1) is 47.2. The molecule has 0 aromatic carbocycles. The van der Waals surface area contributed by atoms with Crippen molar-refractivity contribution in [2.45, 2.75) is 420 Å². The number of phosphoric acid groups is 2. The summed E-state index contributed by atoms with van der Waals surface area (Å²) in [5.74, 6) is 0.947. The number of phosphoric ester groups is 2. The number of hydrogen-bond donors (Lipinski definition) is 3. The van der Waals surface area contributed by atoms with Crippen molar-refractivity contribution in [1.29, 1.82) is 0 Å². The number of rotatable bonds is 76. The van der Waals surface area contributed by atoms with E-state index in [0.29, 0.717) is 31.6 Å². The molecule has 98 heavy (non-hydrogen) atoms. The van der Waals surface area contributed by atoms with Gasteiger partial charge in [-0.25, -0.2) is 9.13 Å². The van der Waals surface area contributed by atoms with Crippen molar-refractivity contribution in [1.82, 2.24) is 0 Å². The molecule has 17 nitrogen and oxygen atoms in total. The molecule has 0 aromatic heterocycles. The van der Waals surface area contributed by atoms with Crippen molar-refractivity contribution in [2.75, 3.05) is 39.6 Å². The quantitative estimate of drug-likeness (QED) is 0.0222. The van der Waals surface area contributed by atoms with Crippen LogP contribution in [0.4, 0.5) is 0 Å². The van der Waals surface area contributed by atoms with Crippen molar-refractivity contribution < 1.29 is 80.2 Å². The molecule has 0 aliphatic carbocycles. The Labute approximate surface area is 600 Å². The smallest absolute Gasteiger partial charge is 0.462 e. The number of carbonyl (C=O) groups excluding carboxylic acids is 4. The van der Waals surface area contributed by atoms with Crippen molar-refractivity contribution in [3.8, 4) is 0 Å². The molecule has 0 saturated carbocycles. The predicted octanol–water partition coefficient (Wildman–Crippen LogP) is 23.2. The van der Waals surface area contributed by atoms with Crippen LogP contribution in [0.3, 0.4) is 0 Å². The predicted molar refractivity (Wildman–Crippen MR) is 400 cm³/mol. The third kappa shape index (κ3) is 69.8. The van der Waals surface area contributed by atoms with Crippen LogP contribution < -0.4 is 0 Å². The molecule has 0 aliphatic heterocycles. The van der Waals surface area contributed by atoms with Crippen molar-refractivity contribution in [3.63, 3.8) is 0 Å². The lowest BCUT2D eigenvalue weighted by Gasteiger charge is -2.21. The van der Waals surface area contributed by atoms with Gasteiger partial charge in [-0.3, -0.25) is 37.3 Å². The van der Waals surface area contributed by atoms with Crippen LogP contribution in [0.1, 0.15) is 402 Å². The van der Waals surface area contributed by atoms with Crippen LogP contribution in [0, 0.1) is 23.7 Å². The molecular formula is C79H154O17P2. The first kappa shape index (κ1) is 96.1. The lowest BCUT2D eigenvalue weighted by Crippen LogP contribution is -2.30. The van der Waals surface area contributed by atoms with E-state index in [1.807, 2.05) is 0 Å². The van der Waals surface area contributed by atoms with E-state index in [9.17, 15) is 43.2 Å². The average Bonchev–Trinajstić information content (AvgIpc) is 0.998. The fraction of sp³-hybridized carbons (Fsp3) is 0.949. The minimum atomic E-state index is -4.96. The van der Waals surface area contributed by atoms with Gasteiger partial charge in [0.1, 0.15) is 19.3 Å². The van der Waals surface area contributed by atoms with Crippen molar-refractivity contribution >= 4 is 39.5 Å². The molecule has 0 fully saturated rings. The fourth-order valence-electron chi connectivity index (χ4n) is 12.0. The highest BCUT2D eigenvalue weighted by Crippen LogP contribution is 2.45. The van der Waals surface area contributed by atoms with Crippen LogP contribution in [0.5, 0.6) is 0 Å². The molecule has 0 heterocycles. The van der Waals surface area contributed by atoms with Gasteiger partial charge in [0.05, 0.1) is 26.4 Å². The summed E-state index contributed by atoms with van der Waals surface area (Å²) in [5, 5.41) is 10.6. The average molecular weight is 1440 g/mol. The van der Waals surface area contributed by atoms with Crippen LogP contribution >= 0.6 is 15.6 Å². The molecule has 0 radical (unpaired) electrons. The first-order valence-corrected chi connectivity index (χ1v) is 43.8. The summed E-state index contributed by atoms with van der Waals surface area (Å²) >= 11 is 0. The summed E-state index contributed by atoms with van der Waals surface area (Å²) < 4.78 is 68.5. The monoisotopic (exact) mass is 1440 g/mol. The van der Waals surface area contributed by atoms with E-state index >= 15 is 0 Å². The summed E-state index contributed by atoms with van der Waals surface area (Å²) in [6, 6.07) is 0. The number of esters is 4. The van der Waals surface area contributed by atoms with Gasteiger partial charge in [0.25, 0.3) is 0 Å². The van der Waals surface area contributed by atoms with E-state index in [1.54, 1.807) is 0 Å². The van der Waals surface area contributed by atoms with Gasteiger partial charge in [-0.2, -0.15) is 0 Å². The SMILES string of the molecule is CCC(C)CCCCCCCCCCCCCCCCC(=O)OC[C@H](COP(=O)(O)OCC(O)COP(=O)(O)OC[C@@H](COC(=O)CCCCCCCCC(C)C)OC(=O)CCCCCCCCCCCCCCCCCCCCC(C)C)OC(=O)CCCCCCCCC(C)CC. The van der Waals surface area contributed by atoms with Gasteiger partial charge in [0, 0.05) is 25.7 Å². The Bertz CT molecular complexity index is 1920. The minimum absolute atomic E-state index is 0.103. The normalized spacial score (nSPS) is 14.6. The molecule has 0 aliphatic rings. The van der Waals surface area contributed by atoms with Gasteiger partial charge >= 0.3 is 39.5 Å². The van der Waals surface area contributed by atoms with Crippen molar-refractivity contribution in [3.05, 3.63) is 0 Å². The van der Waals surface area contributed by atoms with Gasteiger partial charge in [0.2, 0.25) is 0 Å². The molecule has 0 spiro atoms. The molecule has 582 valence electrons. The van der Waals surface area contributed by atoms with Gasteiger partial charge < -0.3 is 33.8 Å². The number of carbonyl (C=O) groups is 4. The Morgan fingerprint density at radius 1 is 0.286 bits per heavy atom. The maximum Gasteiger partial charge on any atom is 0.472 e. The zero-order chi connectivity index (χ0) is 72.4. The Morgan fingerprint density at radius 2 is 0.490 bits per heavy atom. The number of aliphatic hydroxyl groups excluding tert-OH is 1. The molecule has 5 unspecified atom stereocenters. The second kappa shape index (κ2) is 68.2. The van der Waals surface area contributed by atoms with E-state index in [-0.39, 0.29) is 25.7 Å². The van der Waals surface area contributed by atoms with Crippen LogP contribution in [0.15, 0.2) is 0 Å². The van der Waals surface area contributed by atoms with E-state index in [1.165, 1.54) is 199 Å². The van der Waals surface area contributed by atoms with E-state index in [4.69, 9.17) is 37.0 Å². The largest absolute Gasteiger partial charge is 0.472 e. The molecule has 0 saturated heterocycles. The second-order valence-electron chi connectivity index (χ2n) is 29.9. The highest BCUT2D eigenvalue weighted by molar-refractivity contribution is 7.47. The number of hydrogen-bond acceptors (Lipinski definition) is 15. The molecule has 0 bridgehead atoms. The molecule has 0 rings (SSSR count). The van der Waals surface area contributed by atoms with Gasteiger partial charge in [-0.1, -0.05) is 351 Å². The van der Waals surface area contributed by atoms with E-state index < -0.39 is 97.5 Å². The Kier molecular flexibility index (Phi) is 66.8. The Hall–Kier alpha value is -1.94. The Morgan fingerprint density at radius 3 is 0.724 bits per heavy atom. The van der Waals surface area contributed by atoms with Gasteiger partial charge in [-0.05, 0) is 49.4 Å². The Balaban J connectivity index is 5.13. The third-order valence-corrected chi connectivity index (χ3v) is 20.9. The molecule has 3 N–H and O–H groups in total. The second-order valence-corrected chi connectivity index (χ2v) is 32.8. The number of unbranched alkanes of at least 4 members (excludes halogenated alkanes) is 40. The third-order valence-electron chi connectivity index (χ3n) is 19.0. The van der Waals surface area contributed by atoms with Gasteiger partial charge in [-0.15, -0.1) is 0 Å². The highest BCUT2D eigenvalue weighted by atomic mass is 31.2. The minimum Gasteiger partial charge on any atom is -0.462 e. The lowest BCUT2D eigenvalue weighted by atomic mass is 9.99. The highest BCUT2D eigenvalue weighted by Gasteiger charge is 2.30. The summed E-state index contributed by atoms with van der Waals surface area (Å²) in [4.78, 5) is 72.8. The standard InChI is InChI=1S/C79H154O17P2/c1-9-71(7)57-49-41-32-28-24-20-17-18-21-25-29-33-43-51-59-76(81)89-65-75(96-79(84)62-54-46-38-36-42-50-58-72(8)10-2)68-94-98(87,88)92-64-73(80)63-91-97(85,86)93-67-74(66-90-77(82)60-52-44-37-35-40-48-56-70(5)6)95-78(83)61-53-45-34-30-26-22-16-14-12-11-13-15-19-23-27-31-39-47-55-69(3)4/h69-75,80H,9-68H2,1-8H3,(H,85,86)(H,87,88)/t71?,72?,73?,74-,75-/m1/s1. The van der Waals surface area contributed by atoms with Gasteiger partial charge in [0.15, 0.2) is 12.2 Å². The van der Waals surface area contributed by atoms with E-state index in [2.05, 4.69) is 55.4 Å². The van der Waals surface area contributed by atoms with Crippen LogP contribution in [0.2, 0.25) is 0 Å². The number of ether oxygens (including phenoxy) is 4. The van der Waals surface area contributed by atoms with Crippen LogP contribution in [-0.2, 0) is 65.4 Å². The van der Waals surface area contributed by atoms with Crippen LogP contribution in [0.25, 0.3) is 0 Å². The maximum absolute atomic E-state index is 13.1. The maximum atomic E-state index is 13.1. The summed E-state index contributed by atoms with van der Waals surface area (Å²) in [6.45, 7) is 14.2. The molecule has 7 atom stereocenters. The molecule has 0 aromatic rings. The zero-order valence-electron chi connectivity index (χ0n) is 64.4. The summed E-state index contributed by atoms with van der Waals surface area (Å²) in [6.07, 6.45) is 54.4. The summed E-state index contributed by atoms with van der Waals surface area (Å²) in [7, 11) is -9.91. The summed E-state index contributed by atoms with van der Waals surface area (Å²) in [5.41, 5.74) is 0. The lowest BCUT2D eigenvalue weighted by molar-refractivity contribution is -0.161.